The molecule has 0 bridgehead atoms. The van der Waals surface area contributed by atoms with Crippen LogP contribution in [0.15, 0.2) is 95.7 Å². The third kappa shape index (κ3) is 6.85. The normalized spacial score (nSPS) is 18.1. The van der Waals surface area contributed by atoms with Gasteiger partial charge in [0.25, 0.3) is 0 Å². The van der Waals surface area contributed by atoms with Crippen molar-refractivity contribution in [2.75, 3.05) is 33.2 Å². The summed E-state index contributed by atoms with van der Waals surface area (Å²) in [7, 11) is -6.17. The fraction of sp³-hybridized carbons (Fsp3) is 0.294. The molecular formula is C34H35BrN4O4S2. The number of sulfonamides is 2. The van der Waals surface area contributed by atoms with E-state index in [1.54, 1.807) is 16.7 Å². The molecule has 5 aromatic rings. The molecule has 45 heavy (non-hydrogen) atoms. The van der Waals surface area contributed by atoms with Gasteiger partial charge in [0.05, 0.1) is 33.9 Å². The van der Waals surface area contributed by atoms with Gasteiger partial charge in [-0.3, -0.25) is 18.6 Å². The second-order valence-corrected chi connectivity index (χ2v) is 16.1. The molecule has 8 nitrogen and oxygen atoms in total. The number of aromatic nitrogens is 2. The third-order valence-electron chi connectivity index (χ3n) is 8.32. The number of halogens is 1. The summed E-state index contributed by atoms with van der Waals surface area (Å²) in [5.74, 6) is 0.542. The van der Waals surface area contributed by atoms with Crippen LogP contribution >= 0.6 is 15.9 Å². The van der Waals surface area contributed by atoms with E-state index in [9.17, 15) is 16.8 Å². The van der Waals surface area contributed by atoms with Crippen LogP contribution in [0.2, 0.25) is 0 Å². The van der Waals surface area contributed by atoms with E-state index in [0.717, 1.165) is 56.9 Å². The molecule has 2 fully saturated rings. The number of anilines is 2. The van der Waals surface area contributed by atoms with Gasteiger partial charge in [-0.2, -0.15) is 0 Å². The lowest BCUT2D eigenvalue weighted by atomic mass is 9.90. The van der Waals surface area contributed by atoms with Gasteiger partial charge in [-0.05, 0) is 98.2 Å². The van der Waals surface area contributed by atoms with Crippen molar-refractivity contribution in [1.82, 2.24) is 9.97 Å². The Balaban J connectivity index is 0.000000122. The van der Waals surface area contributed by atoms with E-state index in [-0.39, 0.29) is 5.75 Å². The average molecular weight is 708 g/mol. The zero-order valence-electron chi connectivity index (χ0n) is 24.8. The average Bonchev–Trinajstić information content (AvgIpc) is 3.60. The summed E-state index contributed by atoms with van der Waals surface area (Å²) in [6.45, 7) is 1.22. The maximum Gasteiger partial charge on any atom is 0.235 e. The lowest BCUT2D eigenvalue weighted by Gasteiger charge is -2.25. The molecule has 4 heterocycles. The molecule has 1 aliphatic carbocycles. The van der Waals surface area contributed by atoms with Gasteiger partial charge in [0.2, 0.25) is 20.0 Å². The van der Waals surface area contributed by atoms with E-state index in [4.69, 9.17) is 0 Å². The van der Waals surface area contributed by atoms with Gasteiger partial charge < -0.3 is 0 Å². The Bertz CT molecular complexity index is 2040. The Hall–Kier alpha value is -3.54. The van der Waals surface area contributed by atoms with Crippen molar-refractivity contribution in [3.63, 3.8) is 0 Å². The van der Waals surface area contributed by atoms with Crippen molar-refractivity contribution in [3.05, 3.63) is 107 Å². The lowest BCUT2D eigenvalue weighted by molar-refractivity contribution is 0.597. The summed E-state index contributed by atoms with van der Waals surface area (Å²) < 4.78 is 52.0. The first-order valence-electron chi connectivity index (χ1n) is 15.2. The monoisotopic (exact) mass is 706 g/mol. The maximum absolute atomic E-state index is 12.0. The van der Waals surface area contributed by atoms with Crippen molar-refractivity contribution >= 4 is 69.2 Å². The molecule has 8 rings (SSSR count). The van der Waals surface area contributed by atoms with Crippen molar-refractivity contribution in [2.45, 2.75) is 38.5 Å². The largest absolute Gasteiger partial charge is 0.270 e. The highest BCUT2D eigenvalue weighted by atomic mass is 79.9. The molecule has 3 aliphatic rings. The Labute approximate surface area is 273 Å². The van der Waals surface area contributed by atoms with Gasteiger partial charge in [-0.15, -0.1) is 0 Å². The maximum atomic E-state index is 12.0. The standard InChI is InChI=1S/C13H17NO2S.C12H12N2O2S.C9H6BrN/c15-17(16)10-4-9-14(17)13-8-3-6-11-5-1-2-7-12(11)13;15-17(16)9-3-8-14(17)12-6-1-5-11-10(12)4-2-7-13-11;10-8-4-1-5-9-7(8)3-2-6-11-9/h3,6,8H,1-2,4-5,7,9-10H2;1-2,4-7H,3,8-9H2;1-6H. The highest BCUT2D eigenvalue weighted by Gasteiger charge is 2.31. The molecule has 234 valence electrons. The van der Waals surface area contributed by atoms with Crippen molar-refractivity contribution < 1.29 is 16.8 Å². The molecule has 0 unspecified atom stereocenters. The van der Waals surface area contributed by atoms with Gasteiger partial charge in [-0.1, -0.05) is 46.3 Å². The topological polar surface area (TPSA) is 101 Å². The summed E-state index contributed by atoms with van der Waals surface area (Å²) in [5.41, 5.74) is 6.15. The van der Waals surface area contributed by atoms with Gasteiger partial charge >= 0.3 is 0 Å². The van der Waals surface area contributed by atoms with Crippen LogP contribution < -0.4 is 8.61 Å². The van der Waals surface area contributed by atoms with Gasteiger partial charge in [0, 0.05) is 40.7 Å². The summed E-state index contributed by atoms with van der Waals surface area (Å²) in [5, 5.41) is 2.05. The molecule has 0 atom stereocenters. The molecular weight excluding hydrogens is 672 g/mol. The molecule has 3 aromatic carbocycles. The zero-order valence-corrected chi connectivity index (χ0v) is 28.1. The molecule has 2 aromatic heterocycles. The van der Waals surface area contributed by atoms with Gasteiger partial charge in [-0.25, -0.2) is 16.8 Å². The molecule has 0 radical (unpaired) electrons. The first kappa shape index (κ1) is 31.4. The molecule has 2 saturated heterocycles. The van der Waals surface area contributed by atoms with E-state index in [2.05, 4.69) is 32.0 Å². The number of fused-ring (bicyclic) bond motifs is 3. The number of aryl methyl sites for hydroxylation is 1. The van der Waals surface area contributed by atoms with Crippen LogP contribution in [0.25, 0.3) is 21.8 Å². The van der Waals surface area contributed by atoms with Crippen molar-refractivity contribution in [3.8, 4) is 0 Å². The molecule has 11 heteroatoms. The molecule has 0 spiro atoms. The molecule has 0 amide bonds. The van der Waals surface area contributed by atoms with E-state index in [0.29, 0.717) is 25.3 Å². The summed E-state index contributed by atoms with van der Waals surface area (Å²) in [6.07, 6.45) is 9.49. The van der Waals surface area contributed by atoms with E-state index >= 15 is 0 Å². The number of rotatable bonds is 2. The zero-order chi connectivity index (χ0) is 31.4. The smallest absolute Gasteiger partial charge is 0.235 e. The minimum atomic E-state index is -3.13. The fourth-order valence-corrected chi connectivity index (χ4v) is 9.85. The predicted octanol–water partition coefficient (Wildman–Crippen LogP) is 6.88. The Morgan fingerprint density at radius 3 is 1.78 bits per heavy atom. The third-order valence-corrected chi connectivity index (χ3v) is 12.7. The number of hydrogen-bond donors (Lipinski definition) is 0. The number of pyridine rings is 2. The van der Waals surface area contributed by atoms with E-state index < -0.39 is 20.0 Å². The van der Waals surface area contributed by atoms with Crippen LogP contribution in [-0.2, 0) is 32.9 Å². The fourth-order valence-electron chi connectivity index (χ4n) is 6.19. The SMILES string of the molecule is Brc1cccc2ncccc12.O=S1(=O)CCCN1c1cccc2c1CCCC2.O=S1(=O)CCCN1c1cccc2ncccc12. The van der Waals surface area contributed by atoms with Crippen LogP contribution in [0, 0.1) is 0 Å². The number of benzene rings is 3. The van der Waals surface area contributed by atoms with Crippen molar-refractivity contribution in [2.24, 2.45) is 0 Å². The van der Waals surface area contributed by atoms with E-state index in [1.807, 2.05) is 72.8 Å². The minimum absolute atomic E-state index is 0.240. The van der Waals surface area contributed by atoms with Gasteiger partial charge in [0.15, 0.2) is 0 Å². The van der Waals surface area contributed by atoms with Crippen LogP contribution in [0.3, 0.4) is 0 Å². The Morgan fingerprint density at radius 2 is 1.13 bits per heavy atom. The first-order chi connectivity index (χ1) is 21.7. The number of hydrogen-bond acceptors (Lipinski definition) is 6. The Morgan fingerprint density at radius 1 is 0.578 bits per heavy atom. The van der Waals surface area contributed by atoms with E-state index in [1.165, 1.54) is 28.3 Å². The molecule has 0 N–H and O–H groups in total. The Kier molecular flexibility index (Phi) is 9.39. The number of nitrogens with zero attached hydrogens (tertiary/aromatic N) is 4. The van der Waals surface area contributed by atoms with Crippen LogP contribution in [0.5, 0.6) is 0 Å². The molecule has 0 saturated carbocycles. The second kappa shape index (κ2) is 13.4. The summed E-state index contributed by atoms with van der Waals surface area (Å²) in [4.78, 5) is 8.45. The highest BCUT2D eigenvalue weighted by molar-refractivity contribution is 9.10. The predicted molar refractivity (Wildman–Crippen MR) is 186 cm³/mol. The van der Waals surface area contributed by atoms with Crippen LogP contribution in [0.1, 0.15) is 36.8 Å². The summed E-state index contributed by atoms with van der Waals surface area (Å²) in [6, 6.07) is 25.4. The van der Waals surface area contributed by atoms with Crippen LogP contribution in [0.4, 0.5) is 11.4 Å². The first-order valence-corrected chi connectivity index (χ1v) is 19.2. The highest BCUT2D eigenvalue weighted by Crippen LogP contribution is 2.34. The minimum Gasteiger partial charge on any atom is -0.270 e. The molecule has 2 aliphatic heterocycles. The summed E-state index contributed by atoms with van der Waals surface area (Å²) >= 11 is 3.46. The second-order valence-electron chi connectivity index (χ2n) is 11.3. The van der Waals surface area contributed by atoms with Crippen molar-refractivity contribution in [1.29, 1.82) is 0 Å². The van der Waals surface area contributed by atoms with Crippen LogP contribution in [-0.4, -0.2) is 51.4 Å². The van der Waals surface area contributed by atoms with Gasteiger partial charge in [0.1, 0.15) is 0 Å². The quantitative estimate of drug-likeness (QED) is 0.199. The lowest BCUT2D eigenvalue weighted by Crippen LogP contribution is -2.27.